The van der Waals surface area contributed by atoms with Gasteiger partial charge in [-0.1, -0.05) is 18.7 Å². The van der Waals surface area contributed by atoms with E-state index in [1.165, 1.54) is 11.8 Å². The molecule has 2 aromatic rings. The van der Waals surface area contributed by atoms with Crippen LogP contribution in [0.3, 0.4) is 0 Å². The molecule has 90 valence electrons. The number of nitrogens with zero attached hydrogens (tertiary/aromatic N) is 1. The van der Waals surface area contributed by atoms with Gasteiger partial charge in [-0.3, -0.25) is 0 Å². The summed E-state index contributed by atoms with van der Waals surface area (Å²) in [7, 11) is 0. The standard InChI is InChI=1S/C12H15N3OS/c1-2-5-16-10-6-9(13)7-11(8-10)17-12-14-3-4-15-12/h3-4,6-8H,2,5,13H2,1H3,(H,14,15). The largest absolute Gasteiger partial charge is 0.493 e. The van der Waals surface area contributed by atoms with Gasteiger partial charge in [-0.05, 0) is 18.6 Å². The Morgan fingerprint density at radius 3 is 3.00 bits per heavy atom. The average molecular weight is 249 g/mol. The molecule has 0 spiro atoms. The third-order valence-electron chi connectivity index (χ3n) is 2.06. The van der Waals surface area contributed by atoms with Crippen LogP contribution in [0.4, 0.5) is 5.69 Å². The van der Waals surface area contributed by atoms with Gasteiger partial charge in [-0.25, -0.2) is 4.98 Å². The lowest BCUT2D eigenvalue weighted by Gasteiger charge is -2.07. The van der Waals surface area contributed by atoms with E-state index >= 15 is 0 Å². The Bertz CT molecular complexity index is 471. The summed E-state index contributed by atoms with van der Waals surface area (Å²) in [6, 6.07) is 5.72. The molecule has 0 unspecified atom stereocenters. The first kappa shape index (κ1) is 11.9. The summed E-state index contributed by atoms with van der Waals surface area (Å²) in [6.45, 7) is 2.78. The van der Waals surface area contributed by atoms with Crippen molar-refractivity contribution in [2.75, 3.05) is 12.3 Å². The van der Waals surface area contributed by atoms with Gasteiger partial charge in [0, 0.05) is 29.0 Å². The van der Waals surface area contributed by atoms with Crippen molar-refractivity contribution in [2.24, 2.45) is 0 Å². The van der Waals surface area contributed by atoms with Gasteiger partial charge in [0.25, 0.3) is 0 Å². The summed E-state index contributed by atoms with van der Waals surface area (Å²) in [5.74, 6) is 0.806. The number of nitrogens with two attached hydrogens (primary N) is 1. The zero-order valence-corrected chi connectivity index (χ0v) is 10.5. The van der Waals surface area contributed by atoms with Crippen molar-refractivity contribution in [3.63, 3.8) is 0 Å². The maximum Gasteiger partial charge on any atom is 0.170 e. The van der Waals surface area contributed by atoms with Crippen LogP contribution in [0.25, 0.3) is 0 Å². The van der Waals surface area contributed by atoms with Crippen LogP contribution >= 0.6 is 11.8 Å². The second-order valence-corrected chi connectivity index (χ2v) is 4.64. The minimum Gasteiger partial charge on any atom is -0.493 e. The van der Waals surface area contributed by atoms with Crippen LogP contribution < -0.4 is 10.5 Å². The van der Waals surface area contributed by atoms with Gasteiger partial charge in [-0.15, -0.1) is 0 Å². The van der Waals surface area contributed by atoms with Crippen LogP contribution in [0.15, 0.2) is 40.6 Å². The molecule has 0 aliphatic carbocycles. The van der Waals surface area contributed by atoms with Crippen molar-refractivity contribution in [3.8, 4) is 5.75 Å². The number of aromatic nitrogens is 2. The molecule has 1 heterocycles. The number of nitrogens with one attached hydrogen (secondary N) is 1. The fourth-order valence-electron chi connectivity index (χ4n) is 1.37. The summed E-state index contributed by atoms with van der Waals surface area (Å²) in [5, 5.41) is 0.844. The van der Waals surface area contributed by atoms with Crippen molar-refractivity contribution in [2.45, 2.75) is 23.4 Å². The van der Waals surface area contributed by atoms with Crippen LogP contribution in [0.5, 0.6) is 5.75 Å². The summed E-state index contributed by atoms with van der Waals surface area (Å²) in [6.07, 6.45) is 4.50. The summed E-state index contributed by atoms with van der Waals surface area (Å²) in [5.41, 5.74) is 6.54. The summed E-state index contributed by atoms with van der Waals surface area (Å²) >= 11 is 1.53. The van der Waals surface area contributed by atoms with Gasteiger partial charge >= 0.3 is 0 Å². The molecule has 0 atom stereocenters. The number of benzene rings is 1. The molecular weight excluding hydrogens is 234 g/mol. The van der Waals surface area contributed by atoms with E-state index in [0.29, 0.717) is 12.3 Å². The predicted octanol–water partition coefficient (Wildman–Crippen LogP) is 2.93. The number of hydrogen-bond acceptors (Lipinski definition) is 4. The molecule has 0 radical (unpaired) electrons. The fourth-order valence-corrected chi connectivity index (χ4v) is 2.21. The Hall–Kier alpha value is -1.62. The molecule has 0 aliphatic heterocycles. The maximum absolute atomic E-state index is 5.84. The van der Waals surface area contributed by atoms with Crippen LogP contribution in [-0.2, 0) is 0 Å². The number of anilines is 1. The van der Waals surface area contributed by atoms with Crippen LogP contribution in [0.2, 0.25) is 0 Å². The number of ether oxygens (including phenoxy) is 1. The smallest absolute Gasteiger partial charge is 0.170 e. The monoisotopic (exact) mass is 249 g/mol. The minimum absolute atomic E-state index is 0.702. The highest BCUT2D eigenvalue weighted by Gasteiger charge is 2.03. The third kappa shape index (κ3) is 3.42. The highest BCUT2D eigenvalue weighted by molar-refractivity contribution is 7.99. The second-order valence-electron chi connectivity index (χ2n) is 3.58. The van der Waals surface area contributed by atoms with E-state index in [4.69, 9.17) is 10.5 Å². The fraction of sp³-hybridized carbons (Fsp3) is 0.250. The van der Waals surface area contributed by atoms with E-state index in [-0.39, 0.29) is 0 Å². The van der Waals surface area contributed by atoms with Crippen molar-refractivity contribution in [1.29, 1.82) is 0 Å². The van der Waals surface area contributed by atoms with Gasteiger partial charge in [0.05, 0.1) is 6.61 Å². The van der Waals surface area contributed by atoms with Crippen molar-refractivity contribution < 1.29 is 4.74 Å². The Labute approximate surface area is 105 Å². The molecule has 4 nitrogen and oxygen atoms in total. The summed E-state index contributed by atoms with van der Waals surface area (Å²) in [4.78, 5) is 8.22. The lowest BCUT2D eigenvalue weighted by Crippen LogP contribution is -1.96. The Balaban J connectivity index is 2.13. The third-order valence-corrected chi connectivity index (χ3v) is 2.95. The van der Waals surface area contributed by atoms with Crippen molar-refractivity contribution in [1.82, 2.24) is 9.97 Å². The summed E-state index contributed by atoms with van der Waals surface area (Å²) < 4.78 is 5.57. The topological polar surface area (TPSA) is 63.9 Å². The van der Waals surface area contributed by atoms with Gasteiger partial charge in [-0.2, -0.15) is 0 Å². The predicted molar refractivity (Wildman–Crippen MR) is 69.4 cm³/mol. The highest BCUT2D eigenvalue weighted by atomic mass is 32.2. The first-order valence-electron chi connectivity index (χ1n) is 5.48. The number of hydrogen-bond donors (Lipinski definition) is 2. The second kappa shape index (κ2) is 5.63. The van der Waals surface area contributed by atoms with Gasteiger partial charge < -0.3 is 15.5 Å². The van der Waals surface area contributed by atoms with Crippen LogP contribution in [-0.4, -0.2) is 16.6 Å². The number of aromatic amines is 1. The molecule has 0 saturated carbocycles. The number of rotatable bonds is 5. The molecule has 0 amide bonds. The first-order valence-corrected chi connectivity index (χ1v) is 6.30. The lowest BCUT2D eigenvalue weighted by molar-refractivity contribution is 0.317. The molecule has 17 heavy (non-hydrogen) atoms. The van der Waals surface area contributed by atoms with E-state index in [1.807, 2.05) is 18.2 Å². The first-order chi connectivity index (χ1) is 8.28. The Morgan fingerprint density at radius 1 is 1.41 bits per heavy atom. The molecule has 1 aromatic heterocycles. The van der Waals surface area contributed by atoms with Crippen molar-refractivity contribution >= 4 is 17.4 Å². The van der Waals surface area contributed by atoms with E-state index < -0.39 is 0 Å². The molecular formula is C12H15N3OS. The number of H-pyrrole nitrogens is 1. The van der Waals surface area contributed by atoms with Gasteiger partial charge in [0.1, 0.15) is 5.75 Å². The molecule has 2 rings (SSSR count). The van der Waals surface area contributed by atoms with E-state index in [0.717, 1.165) is 22.2 Å². The number of imidazole rings is 1. The quantitative estimate of drug-likeness (QED) is 0.800. The van der Waals surface area contributed by atoms with E-state index in [1.54, 1.807) is 12.4 Å². The number of nitrogen functional groups attached to an aromatic ring is 1. The molecule has 3 N–H and O–H groups in total. The zero-order valence-electron chi connectivity index (χ0n) is 9.64. The minimum atomic E-state index is 0.702. The normalized spacial score (nSPS) is 10.4. The SMILES string of the molecule is CCCOc1cc(N)cc(Sc2ncc[nH]2)c1. The maximum atomic E-state index is 5.84. The molecule has 0 aliphatic rings. The van der Waals surface area contributed by atoms with E-state index in [2.05, 4.69) is 16.9 Å². The van der Waals surface area contributed by atoms with Crippen LogP contribution in [0, 0.1) is 0 Å². The molecule has 0 bridgehead atoms. The Morgan fingerprint density at radius 2 is 2.29 bits per heavy atom. The highest BCUT2D eigenvalue weighted by Crippen LogP contribution is 2.30. The van der Waals surface area contributed by atoms with E-state index in [9.17, 15) is 0 Å². The average Bonchev–Trinajstić information content (AvgIpc) is 2.78. The Kier molecular flexibility index (Phi) is 3.93. The zero-order chi connectivity index (χ0) is 12.1. The van der Waals surface area contributed by atoms with Gasteiger partial charge in [0.15, 0.2) is 5.16 Å². The lowest BCUT2D eigenvalue weighted by atomic mass is 10.3. The molecule has 1 aromatic carbocycles. The molecule has 5 heteroatoms. The van der Waals surface area contributed by atoms with Crippen molar-refractivity contribution in [3.05, 3.63) is 30.6 Å². The molecule has 0 saturated heterocycles. The molecule has 0 fully saturated rings. The van der Waals surface area contributed by atoms with Crippen LogP contribution in [0.1, 0.15) is 13.3 Å². The van der Waals surface area contributed by atoms with Gasteiger partial charge in [0.2, 0.25) is 0 Å².